The van der Waals surface area contributed by atoms with Crippen molar-refractivity contribution >= 4 is 40.0 Å². The predicted molar refractivity (Wildman–Crippen MR) is 75.0 cm³/mol. The Bertz CT molecular complexity index is 681. The molecule has 106 valence electrons. The topological polar surface area (TPSA) is 45.3 Å². The van der Waals surface area contributed by atoms with E-state index in [-0.39, 0.29) is 21.6 Å². The summed E-state index contributed by atoms with van der Waals surface area (Å²) in [6, 6.07) is 2.75. The van der Waals surface area contributed by atoms with E-state index >= 15 is 0 Å². The number of morpholine rings is 1. The average molecular weight is 317 g/mol. The first-order valence-electron chi connectivity index (χ1n) is 6.12. The molecule has 0 spiro atoms. The van der Waals surface area contributed by atoms with E-state index in [1.165, 1.54) is 12.1 Å². The molecule has 1 aromatic heterocycles. The molecule has 0 unspecified atom stereocenters. The third-order valence-electron chi connectivity index (χ3n) is 3.31. The largest absolute Gasteiger partial charge is 0.378 e. The first-order valence-corrected chi connectivity index (χ1v) is 6.87. The molecule has 0 saturated carbocycles. The second kappa shape index (κ2) is 5.24. The van der Waals surface area contributed by atoms with Crippen LogP contribution in [0.25, 0.3) is 10.9 Å². The van der Waals surface area contributed by atoms with Gasteiger partial charge in [-0.1, -0.05) is 23.2 Å². The summed E-state index contributed by atoms with van der Waals surface area (Å²) in [5, 5.41) is 0.413. The van der Waals surface area contributed by atoms with E-state index in [0.717, 1.165) is 0 Å². The van der Waals surface area contributed by atoms with Crippen LogP contribution in [0.2, 0.25) is 10.0 Å². The van der Waals surface area contributed by atoms with Crippen molar-refractivity contribution in [2.75, 3.05) is 26.3 Å². The number of carbonyl (C=O) groups is 1. The highest BCUT2D eigenvalue weighted by atomic mass is 35.5. The Balaban J connectivity index is 2.06. The molecule has 1 aliphatic heterocycles. The molecular formula is C13H11Cl2FN2O2. The van der Waals surface area contributed by atoms with Gasteiger partial charge in [-0.2, -0.15) is 0 Å². The lowest BCUT2D eigenvalue weighted by Crippen LogP contribution is -2.40. The van der Waals surface area contributed by atoms with Gasteiger partial charge in [0.2, 0.25) is 0 Å². The molecule has 7 heteroatoms. The molecule has 1 N–H and O–H groups in total. The zero-order valence-corrected chi connectivity index (χ0v) is 11.9. The molecule has 1 saturated heterocycles. The van der Waals surface area contributed by atoms with E-state index in [9.17, 15) is 9.18 Å². The van der Waals surface area contributed by atoms with Crippen LogP contribution in [0.4, 0.5) is 4.39 Å². The van der Waals surface area contributed by atoms with Gasteiger partial charge in [-0.3, -0.25) is 4.79 Å². The zero-order chi connectivity index (χ0) is 14.3. The van der Waals surface area contributed by atoms with Crippen LogP contribution >= 0.6 is 23.2 Å². The molecule has 3 rings (SSSR count). The number of fused-ring (bicyclic) bond motifs is 1. The van der Waals surface area contributed by atoms with E-state index in [4.69, 9.17) is 27.9 Å². The van der Waals surface area contributed by atoms with Gasteiger partial charge in [0.15, 0.2) is 0 Å². The van der Waals surface area contributed by atoms with Gasteiger partial charge in [0, 0.05) is 24.0 Å². The third-order valence-corrected chi connectivity index (χ3v) is 4.05. The highest BCUT2D eigenvalue weighted by molar-refractivity contribution is 6.44. The summed E-state index contributed by atoms with van der Waals surface area (Å²) >= 11 is 12.1. The molecule has 1 fully saturated rings. The minimum Gasteiger partial charge on any atom is -0.378 e. The number of amides is 1. The summed E-state index contributed by atoms with van der Waals surface area (Å²) in [6.45, 7) is 2.01. The van der Waals surface area contributed by atoms with Crippen molar-refractivity contribution in [2.24, 2.45) is 0 Å². The predicted octanol–water partition coefficient (Wildman–Crippen LogP) is 3.09. The molecule has 1 aliphatic rings. The lowest BCUT2D eigenvalue weighted by molar-refractivity contribution is 0.0300. The smallest absolute Gasteiger partial charge is 0.272 e. The van der Waals surface area contributed by atoms with E-state index in [1.807, 2.05) is 0 Å². The molecule has 0 atom stereocenters. The minimum absolute atomic E-state index is 0.0789. The summed E-state index contributed by atoms with van der Waals surface area (Å²) in [5.74, 6) is -0.795. The fourth-order valence-electron chi connectivity index (χ4n) is 2.26. The number of aromatic nitrogens is 1. The number of hydrogen-bond donors (Lipinski definition) is 1. The molecular weight excluding hydrogens is 306 g/mol. The quantitative estimate of drug-likeness (QED) is 0.878. The Morgan fingerprint density at radius 2 is 1.95 bits per heavy atom. The van der Waals surface area contributed by atoms with Crippen LogP contribution in [-0.4, -0.2) is 42.1 Å². The number of benzene rings is 1. The summed E-state index contributed by atoms with van der Waals surface area (Å²) in [6.07, 6.45) is 0. The summed E-state index contributed by atoms with van der Waals surface area (Å²) in [7, 11) is 0. The first kappa shape index (κ1) is 13.7. The average Bonchev–Trinajstić information content (AvgIpc) is 2.81. The van der Waals surface area contributed by atoms with E-state index in [0.29, 0.717) is 37.2 Å². The van der Waals surface area contributed by atoms with Crippen LogP contribution in [0.5, 0.6) is 0 Å². The van der Waals surface area contributed by atoms with Gasteiger partial charge < -0.3 is 14.6 Å². The van der Waals surface area contributed by atoms with Crippen LogP contribution in [0.15, 0.2) is 12.1 Å². The van der Waals surface area contributed by atoms with Gasteiger partial charge in [0.1, 0.15) is 11.5 Å². The van der Waals surface area contributed by atoms with Crippen molar-refractivity contribution in [3.63, 3.8) is 0 Å². The van der Waals surface area contributed by atoms with E-state index in [2.05, 4.69) is 4.98 Å². The van der Waals surface area contributed by atoms with Crippen LogP contribution in [0.1, 0.15) is 10.5 Å². The molecule has 0 aliphatic carbocycles. The number of nitrogens with zero attached hydrogens (tertiary/aromatic N) is 1. The van der Waals surface area contributed by atoms with Crippen molar-refractivity contribution in [1.29, 1.82) is 0 Å². The number of hydrogen-bond acceptors (Lipinski definition) is 2. The van der Waals surface area contributed by atoms with E-state index < -0.39 is 5.82 Å². The molecule has 2 heterocycles. The fourth-order valence-corrected chi connectivity index (χ4v) is 2.89. The zero-order valence-electron chi connectivity index (χ0n) is 10.4. The summed E-state index contributed by atoms with van der Waals surface area (Å²) in [5.41, 5.74) is 0.772. The fraction of sp³-hybridized carbons (Fsp3) is 0.308. The van der Waals surface area contributed by atoms with Crippen molar-refractivity contribution in [3.05, 3.63) is 33.7 Å². The monoisotopic (exact) mass is 316 g/mol. The Kier molecular flexibility index (Phi) is 3.58. The number of aromatic amines is 1. The molecule has 0 radical (unpaired) electrons. The van der Waals surface area contributed by atoms with Crippen LogP contribution in [-0.2, 0) is 4.74 Å². The number of nitrogens with one attached hydrogen (secondary N) is 1. The Labute approximate surface area is 124 Å². The van der Waals surface area contributed by atoms with Crippen molar-refractivity contribution < 1.29 is 13.9 Å². The maximum atomic E-state index is 13.5. The molecule has 1 aromatic carbocycles. The van der Waals surface area contributed by atoms with E-state index in [1.54, 1.807) is 4.90 Å². The second-order valence-electron chi connectivity index (χ2n) is 4.50. The molecule has 0 bridgehead atoms. The number of halogens is 3. The highest BCUT2D eigenvalue weighted by Gasteiger charge is 2.25. The van der Waals surface area contributed by atoms with Crippen molar-refractivity contribution in [2.45, 2.75) is 0 Å². The normalized spacial score (nSPS) is 15.8. The van der Waals surface area contributed by atoms with Crippen LogP contribution in [0, 0.1) is 5.82 Å². The third kappa shape index (κ3) is 2.16. The SMILES string of the molecule is O=C(c1[nH]c2ccc(F)c(Cl)c2c1Cl)N1CCOCC1. The number of carbonyl (C=O) groups excluding carboxylic acids is 1. The number of ether oxygens (including phenoxy) is 1. The Morgan fingerprint density at radius 1 is 1.25 bits per heavy atom. The molecule has 4 nitrogen and oxygen atoms in total. The van der Waals surface area contributed by atoms with Crippen molar-refractivity contribution in [1.82, 2.24) is 9.88 Å². The molecule has 2 aromatic rings. The second-order valence-corrected chi connectivity index (χ2v) is 5.26. The number of rotatable bonds is 1. The van der Waals surface area contributed by atoms with Gasteiger partial charge in [-0.05, 0) is 12.1 Å². The number of H-pyrrole nitrogens is 1. The first-order chi connectivity index (χ1) is 9.59. The lowest BCUT2D eigenvalue weighted by Gasteiger charge is -2.26. The maximum Gasteiger partial charge on any atom is 0.272 e. The van der Waals surface area contributed by atoms with Gasteiger partial charge in [0.05, 0.1) is 23.3 Å². The summed E-state index contributed by atoms with van der Waals surface area (Å²) < 4.78 is 18.7. The van der Waals surface area contributed by atoms with Crippen LogP contribution in [0.3, 0.4) is 0 Å². The lowest BCUT2D eigenvalue weighted by atomic mass is 10.2. The standard InChI is InChI=1S/C13H11Cl2FN2O2/c14-10-7(16)1-2-8-9(10)11(15)12(17-8)13(19)18-3-5-20-6-4-18/h1-2,17H,3-6H2. The minimum atomic E-state index is -0.564. The Morgan fingerprint density at radius 3 is 2.65 bits per heavy atom. The van der Waals surface area contributed by atoms with Gasteiger partial charge in [0.25, 0.3) is 5.91 Å². The summed E-state index contributed by atoms with van der Waals surface area (Å²) in [4.78, 5) is 17.0. The van der Waals surface area contributed by atoms with Gasteiger partial charge in [-0.15, -0.1) is 0 Å². The maximum absolute atomic E-state index is 13.5. The van der Waals surface area contributed by atoms with Gasteiger partial charge in [-0.25, -0.2) is 4.39 Å². The molecule has 1 amide bonds. The molecule has 20 heavy (non-hydrogen) atoms. The Hall–Kier alpha value is -1.30. The van der Waals surface area contributed by atoms with Crippen molar-refractivity contribution in [3.8, 4) is 0 Å². The van der Waals surface area contributed by atoms with Gasteiger partial charge >= 0.3 is 0 Å². The highest BCUT2D eigenvalue weighted by Crippen LogP contribution is 2.35. The van der Waals surface area contributed by atoms with Crippen LogP contribution < -0.4 is 0 Å².